The van der Waals surface area contributed by atoms with Crippen molar-refractivity contribution in [1.29, 1.82) is 0 Å². The maximum Gasteiger partial charge on any atom is 0.324 e. The van der Waals surface area contributed by atoms with Gasteiger partial charge in [-0.15, -0.1) is 0 Å². The first-order chi connectivity index (χ1) is 11.6. The number of ether oxygens (including phenoxy) is 1. The molecule has 2 rings (SSSR count). The SMILES string of the molecule is N[C@@H](Cc1cncnc1)C(=O)OCN[C@@H](Cc1cnc[nH]1)C(=O)O. The average molecular weight is 334 g/mol. The lowest BCUT2D eigenvalue weighted by molar-refractivity contribution is -0.148. The van der Waals surface area contributed by atoms with E-state index in [0.29, 0.717) is 11.3 Å². The summed E-state index contributed by atoms with van der Waals surface area (Å²) < 4.78 is 4.97. The van der Waals surface area contributed by atoms with Crippen molar-refractivity contribution in [3.63, 3.8) is 0 Å². The van der Waals surface area contributed by atoms with Gasteiger partial charge < -0.3 is 20.6 Å². The number of nitrogens with one attached hydrogen (secondary N) is 2. The van der Waals surface area contributed by atoms with Crippen LogP contribution in [0.3, 0.4) is 0 Å². The van der Waals surface area contributed by atoms with E-state index < -0.39 is 24.0 Å². The Kier molecular flexibility index (Phi) is 6.34. The molecule has 0 amide bonds. The van der Waals surface area contributed by atoms with Crippen LogP contribution in [-0.2, 0) is 27.2 Å². The van der Waals surface area contributed by atoms with Crippen LogP contribution < -0.4 is 11.1 Å². The van der Waals surface area contributed by atoms with Crippen LogP contribution in [0.25, 0.3) is 0 Å². The monoisotopic (exact) mass is 334 g/mol. The summed E-state index contributed by atoms with van der Waals surface area (Å²) in [4.78, 5) is 37.3. The summed E-state index contributed by atoms with van der Waals surface area (Å²) >= 11 is 0. The van der Waals surface area contributed by atoms with Crippen molar-refractivity contribution in [2.24, 2.45) is 5.73 Å². The molecule has 0 bridgehead atoms. The van der Waals surface area contributed by atoms with Crippen molar-refractivity contribution in [2.45, 2.75) is 24.9 Å². The molecule has 0 aliphatic rings. The van der Waals surface area contributed by atoms with Crippen molar-refractivity contribution < 1.29 is 19.4 Å². The summed E-state index contributed by atoms with van der Waals surface area (Å²) in [6.45, 7) is -0.261. The number of carboxylic acid groups (broad SMARTS) is 1. The minimum Gasteiger partial charge on any atom is -0.480 e. The quantitative estimate of drug-likeness (QED) is 0.328. The molecule has 2 aromatic heterocycles. The number of imidazole rings is 1. The molecule has 0 aliphatic carbocycles. The van der Waals surface area contributed by atoms with Gasteiger partial charge in [-0.2, -0.15) is 0 Å². The molecule has 128 valence electrons. The van der Waals surface area contributed by atoms with Crippen LogP contribution in [0.1, 0.15) is 11.3 Å². The molecule has 0 radical (unpaired) electrons. The van der Waals surface area contributed by atoms with Crippen LogP contribution in [0.15, 0.2) is 31.2 Å². The van der Waals surface area contributed by atoms with Gasteiger partial charge in [0.05, 0.1) is 6.33 Å². The fourth-order valence-electron chi connectivity index (χ4n) is 1.96. The first kappa shape index (κ1) is 17.5. The molecule has 10 nitrogen and oxygen atoms in total. The Labute approximate surface area is 137 Å². The zero-order valence-corrected chi connectivity index (χ0v) is 12.8. The fourth-order valence-corrected chi connectivity index (χ4v) is 1.96. The van der Waals surface area contributed by atoms with Gasteiger partial charge in [0.15, 0.2) is 0 Å². The van der Waals surface area contributed by atoms with E-state index in [9.17, 15) is 9.59 Å². The van der Waals surface area contributed by atoms with Crippen LogP contribution in [-0.4, -0.2) is 55.8 Å². The normalized spacial score (nSPS) is 13.2. The van der Waals surface area contributed by atoms with Crippen LogP contribution in [0.5, 0.6) is 0 Å². The maximum absolute atomic E-state index is 11.8. The molecule has 5 N–H and O–H groups in total. The minimum atomic E-state index is -1.06. The Morgan fingerprint density at radius 2 is 2.00 bits per heavy atom. The molecule has 2 aromatic rings. The number of carbonyl (C=O) groups is 2. The fraction of sp³-hybridized carbons (Fsp3) is 0.357. The topological polar surface area (TPSA) is 156 Å². The molecule has 2 atom stereocenters. The van der Waals surface area contributed by atoms with E-state index in [1.165, 1.54) is 18.9 Å². The van der Waals surface area contributed by atoms with E-state index in [1.54, 1.807) is 12.4 Å². The zero-order chi connectivity index (χ0) is 17.4. The Balaban J connectivity index is 1.76. The molecule has 0 saturated heterocycles. The Hall–Kier alpha value is -2.85. The van der Waals surface area contributed by atoms with Gasteiger partial charge in [-0.25, -0.2) is 15.0 Å². The largest absolute Gasteiger partial charge is 0.480 e. The summed E-state index contributed by atoms with van der Waals surface area (Å²) in [7, 11) is 0. The number of esters is 1. The standard InChI is InChI=1S/C14H18N6O4/c15-11(1-9-3-16-6-17-4-9)14(23)24-8-20-12(13(21)22)2-10-5-18-7-19-10/h3-7,11-12,20H,1-2,8,15H2,(H,18,19)(H,21,22)/t11-,12-/m0/s1. The molecule has 0 fully saturated rings. The van der Waals surface area contributed by atoms with Crippen molar-refractivity contribution >= 4 is 11.9 Å². The third-order valence-corrected chi connectivity index (χ3v) is 3.19. The van der Waals surface area contributed by atoms with E-state index in [4.69, 9.17) is 15.6 Å². The number of aromatic amines is 1. The predicted octanol–water partition coefficient (Wildman–Crippen LogP) is -1.14. The van der Waals surface area contributed by atoms with Crippen LogP contribution in [0.2, 0.25) is 0 Å². The molecule has 0 spiro atoms. The minimum absolute atomic E-state index is 0.181. The van der Waals surface area contributed by atoms with E-state index in [-0.39, 0.29) is 19.6 Å². The van der Waals surface area contributed by atoms with Crippen LogP contribution >= 0.6 is 0 Å². The van der Waals surface area contributed by atoms with E-state index in [2.05, 4.69) is 25.3 Å². The van der Waals surface area contributed by atoms with Crippen molar-refractivity contribution in [1.82, 2.24) is 25.3 Å². The van der Waals surface area contributed by atoms with Gasteiger partial charge >= 0.3 is 11.9 Å². The first-order valence-corrected chi connectivity index (χ1v) is 7.16. The van der Waals surface area contributed by atoms with Gasteiger partial charge in [0.25, 0.3) is 0 Å². The smallest absolute Gasteiger partial charge is 0.324 e. The van der Waals surface area contributed by atoms with Gasteiger partial charge in [-0.1, -0.05) is 0 Å². The Bertz CT molecular complexity index is 649. The predicted molar refractivity (Wildman–Crippen MR) is 81.5 cm³/mol. The number of hydrogen-bond acceptors (Lipinski definition) is 8. The van der Waals surface area contributed by atoms with Crippen molar-refractivity contribution in [3.8, 4) is 0 Å². The van der Waals surface area contributed by atoms with Crippen molar-refractivity contribution in [3.05, 3.63) is 42.5 Å². The number of hydrogen-bond donors (Lipinski definition) is 4. The third kappa shape index (κ3) is 5.41. The molecule has 0 unspecified atom stereocenters. The van der Waals surface area contributed by atoms with Gasteiger partial charge in [0.1, 0.15) is 25.1 Å². The number of nitrogens with two attached hydrogens (primary N) is 1. The lowest BCUT2D eigenvalue weighted by Crippen LogP contribution is -2.42. The number of carboxylic acids is 1. The highest BCUT2D eigenvalue weighted by molar-refractivity contribution is 5.76. The van der Waals surface area contributed by atoms with Crippen LogP contribution in [0.4, 0.5) is 0 Å². The highest BCUT2D eigenvalue weighted by Crippen LogP contribution is 2.01. The summed E-state index contributed by atoms with van der Waals surface area (Å²) in [5, 5.41) is 11.8. The van der Waals surface area contributed by atoms with Gasteiger partial charge in [-0.3, -0.25) is 14.9 Å². The third-order valence-electron chi connectivity index (χ3n) is 3.19. The van der Waals surface area contributed by atoms with Gasteiger partial charge in [-0.05, 0) is 5.56 Å². The molecule has 0 saturated carbocycles. The zero-order valence-electron chi connectivity index (χ0n) is 12.8. The number of H-pyrrole nitrogens is 1. The maximum atomic E-state index is 11.8. The average Bonchev–Trinajstić information content (AvgIpc) is 3.07. The molecular weight excluding hydrogens is 316 g/mol. The first-order valence-electron chi connectivity index (χ1n) is 7.16. The Morgan fingerprint density at radius 3 is 2.62 bits per heavy atom. The molecule has 2 heterocycles. The van der Waals surface area contributed by atoms with Gasteiger partial charge in [0.2, 0.25) is 0 Å². The van der Waals surface area contributed by atoms with Crippen LogP contribution in [0, 0.1) is 0 Å². The molecule has 24 heavy (non-hydrogen) atoms. The van der Waals surface area contributed by atoms with E-state index in [0.717, 1.165) is 0 Å². The second kappa shape index (κ2) is 8.70. The summed E-state index contributed by atoms with van der Waals surface area (Å²) in [6.07, 6.45) is 7.90. The second-order valence-electron chi connectivity index (χ2n) is 5.04. The molecule has 0 aliphatic heterocycles. The molecule has 0 aromatic carbocycles. The lowest BCUT2D eigenvalue weighted by atomic mass is 10.1. The number of aromatic nitrogens is 4. The summed E-state index contributed by atoms with van der Waals surface area (Å²) in [6, 6.07) is -1.80. The highest BCUT2D eigenvalue weighted by atomic mass is 16.5. The van der Waals surface area contributed by atoms with E-state index >= 15 is 0 Å². The molecular formula is C14H18N6O4. The number of rotatable bonds is 9. The van der Waals surface area contributed by atoms with E-state index in [1.807, 2.05) is 0 Å². The second-order valence-corrected chi connectivity index (χ2v) is 5.04. The number of carbonyl (C=O) groups excluding carboxylic acids is 1. The highest BCUT2D eigenvalue weighted by Gasteiger charge is 2.20. The van der Waals surface area contributed by atoms with Crippen molar-refractivity contribution in [2.75, 3.05) is 6.73 Å². The number of aliphatic carboxylic acids is 1. The summed E-state index contributed by atoms with van der Waals surface area (Å²) in [5.74, 6) is -1.71. The number of nitrogens with zero attached hydrogens (tertiary/aromatic N) is 3. The molecule has 10 heteroatoms. The lowest BCUT2D eigenvalue weighted by Gasteiger charge is -2.15. The Morgan fingerprint density at radius 1 is 1.25 bits per heavy atom. The summed E-state index contributed by atoms with van der Waals surface area (Å²) in [5.41, 5.74) is 7.11. The van der Waals surface area contributed by atoms with Gasteiger partial charge in [0, 0.05) is 37.1 Å².